The van der Waals surface area contributed by atoms with E-state index in [0.717, 1.165) is 18.5 Å². The predicted octanol–water partition coefficient (Wildman–Crippen LogP) is 3.28. The standard InChI is InChI=1S/C13H17BrFNO/c1-17-13-11(14)7-9(8-12(13)15)6-10-4-2-3-5-16-10/h7-8,10,16H,2-6H2,1H3. The van der Waals surface area contributed by atoms with Crippen LogP contribution in [-0.4, -0.2) is 19.7 Å². The van der Waals surface area contributed by atoms with E-state index in [0.29, 0.717) is 10.5 Å². The van der Waals surface area contributed by atoms with Gasteiger partial charge in [0, 0.05) is 6.04 Å². The van der Waals surface area contributed by atoms with Gasteiger partial charge in [-0.25, -0.2) is 4.39 Å². The topological polar surface area (TPSA) is 21.3 Å². The Morgan fingerprint density at radius 1 is 1.47 bits per heavy atom. The molecular formula is C13H17BrFNO. The Morgan fingerprint density at radius 3 is 2.88 bits per heavy atom. The van der Waals surface area contributed by atoms with Crippen molar-refractivity contribution in [3.05, 3.63) is 28.0 Å². The summed E-state index contributed by atoms with van der Waals surface area (Å²) >= 11 is 3.34. The maximum Gasteiger partial charge on any atom is 0.168 e. The average molecular weight is 302 g/mol. The van der Waals surface area contributed by atoms with E-state index >= 15 is 0 Å². The van der Waals surface area contributed by atoms with E-state index in [9.17, 15) is 4.39 Å². The maximum absolute atomic E-state index is 13.7. The monoisotopic (exact) mass is 301 g/mol. The van der Waals surface area contributed by atoms with Crippen LogP contribution < -0.4 is 10.1 Å². The molecule has 0 aliphatic carbocycles. The first kappa shape index (κ1) is 12.8. The van der Waals surface area contributed by atoms with Gasteiger partial charge in [0.15, 0.2) is 11.6 Å². The van der Waals surface area contributed by atoms with Crippen LogP contribution in [0.4, 0.5) is 4.39 Å². The highest BCUT2D eigenvalue weighted by atomic mass is 79.9. The third kappa shape index (κ3) is 3.19. The number of benzene rings is 1. The van der Waals surface area contributed by atoms with E-state index in [1.54, 1.807) is 6.07 Å². The fourth-order valence-corrected chi connectivity index (χ4v) is 2.95. The number of ether oxygens (including phenoxy) is 1. The molecular weight excluding hydrogens is 285 g/mol. The van der Waals surface area contributed by atoms with E-state index in [1.807, 2.05) is 6.07 Å². The zero-order valence-electron chi connectivity index (χ0n) is 9.93. The van der Waals surface area contributed by atoms with Gasteiger partial charge in [0.1, 0.15) is 0 Å². The van der Waals surface area contributed by atoms with Crippen LogP contribution in [-0.2, 0) is 6.42 Å². The number of methoxy groups -OCH3 is 1. The predicted molar refractivity (Wildman–Crippen MR) is 70.0 cm³/mol. The molecule has 0 aromatic heterocycles. The normalized spacial score (nSPS) is 20.3. The summed E-state index contributed by atoms with van der Waals surface area (Å²) in [6.07, 6.45) is 4.55. The van der Waals surface area contributed by atoms with Crippen LogP contribution in [0.1, 0.15) is 24.8 Å². The Bertz CT molecular complexity index is 368. The highest BCUT2D eigenvalue weighted by Crippen LogP contribution is 2.30. The number of nitrogens with one attached hydrogen (secondary N) is 1. The lowest BCUT2D eigenvalue weighted by Crippen LogP contribution is -2.35. The second-order valence-electron chi connectivity index (χ2n) is 4.44. The lowest BCUT2D eigenvalue weighted by Gasteiger charge is -2.23. The number of halogens is 2. The van der Waals surface area contributed by atoms with Crippen LogP contribution in [0, 0.1) is 5.82 Å². The second kappa shape index (κ2) is 5.83. The van der Waals surface area contributed by atoms with Crippen LogP contribution in [0.25, 0.3) is 0 Å². The van der Waals surface area contributed by atoms with Gasteiger partial charge in [0.25, 0.3) is 0 Å². The molecule has 2 nitrogen and oxygen atoms in total. The summed E-state index contributed by atoms with van der Waals surface area (Å²) in [5.41, 5.74) is 1.01. The highest BCUT2D eigenvalue weighted by molar-refractivity contribution is 9.10. The molecule has 1 aliphatic heterocycles. The number of hydrogen-bond acceptors (Lipinski definition) is 2. The number of hydrogen-bond donors (Lipinski definition) is 1. The van der Waals surface area contributed by atoms with Crippen molar-refractivity contribution in [1.82, 2.24) is 5.32 Å². The zero-order valence-corrected chi connectivity index (χ0v) is 11.5. The summed E-state index contributed by atoms with van der Waals surface area (Å²) in [7, 11) is 1.48. The molecule has 1 fully saturated rings. The molecule has 94 valence electrons. The van der Waals surface area contributed by atoms with Crippen molar-refractivity contribution in [2.75, 3.05) is 13.7 Å². The molecule has 1 heterocycles. The van der Waals surface area contributed by atoms with E-state index in [-0.39, 0.29) is 11.6 Å². The van der Waals surface area contributed by atoms with Crippen LogP contribution in [0.2, 0.25) is 0 Å². The third-order valence-corrected chi connectivity index (χ3v) is 3.75. The summed E-state index contributed by atoms with van der Waals surface area (Å²) in [4.78, 5) is 0. The molecule has 1 aliphatic rings. The Morgan fingerprint density at radius 2 is 2.29 bits per heavy atom. The molecule has 1 saturated heterocycles. The van der Waals surface area contributed by atoms with E-state index < -0.39 is 0 Å². The molecule has 1 unspecified atom stereocenters. The van der Waals surface area contributed by atoms with Gasteiger partial charge in [-0.15, -0.1) is 0 Å². The van der Waals surface area contributed by atoms with Crippen molar-refractivity contribution < 1.29 is 9.13 Å². The van der Waals surface area contributed by atoms with Gasteiger partial charge in [-0.3, -0.25) is 0 Å². The Balaban J connectivity index is 2.10. The first-order valence-electron chi connectivity index (χ1n) is 5.96. The third-order valence-electron chi connectivity index (χ3n) is 3.16. The van der Waals surface area contributed by atoms with Gasteiger partial charge in [-0.2, -0.15) is 0 Å². The average Bonchev–Trinajstić information content (AvgIpc) is 2.30. The van der Waals surface area contributed by atoms with Gasteiger partial charge in [-0.05, 0) is 59.4 Å². The van der Waals surface area contributed by atoms with Crippen molar-refractivity contribution in [3.63, 3.8) is 0 Å². The molecule has 1 atom stereocenters. The smallest absolute Gasteiger partial charge is 0.168 e. The molecule has 1 N–H and O–H groups in total. The molecule has 0 spiro atoms. The van der Waals surface area contributed by atoms with Gasteiger partial charge in [0.05, 0.1) is 11.6 Å². The van der Waals surface area contributed by atoms with Gasteiger partial charge in [0.2, 0.25) is 0 Å². The summed E-state index contributed by atoms with van der Waals surface area (Å²) in [5, 5.41) is 3.47. The minimum atomic E-state index is -0.298. The summed E-state index contributed by atoms with van der Waals surface area (Å²) in [6, 6.07) is 3.99. The lowest BCUT2D eigenvalue weighted by atomic mass is 9.98. The van der Waals surface area contributed by atoms with Crippen LogP contribution in [0.3, 0.4) is 0 Å². The minimum absolute atomic E-state index is 0.283. The molecule has 1 aromatic rings. The fourth-order valence-electron chi connectivity index (χ4n) is 2.31. The molecule has 0 bridgehead atoms. The van der Waals surface area contributed by atoms with Crippen molar-refractivity contribution >= 4 is 15.9 Å². The van der Waals surface area contributed by atoms with E-state index in [1.165, 1.54) is 26.4 Å². The van der Waals surface area contributed by atoms with Crippen molar-refractivity contribution in [1.29, 1.82) is 0 Å². The Kier molecular flexibility index (Phi) is 4.40. The van der Waals surface area contributed by atoms with Crippen molar-refractivity contribution in [3.8, 4) is 5.75 Å². The van der Waals surface area contributed by atoms with Gasteiger partial charge >= 0.3 is 0 Å². The number of rotatable bonds is 3. The largest absolute Gasteiger partial charge is 0.492 e. The molecule has 0 saturated carbocycles. The minimum Gasteiger partial charge on any atom is -0.492 e. The van der Waals surface area contributed by atoms with Crippen LogP contribution in [0.5, 0.6) is 5.75 Å². The second-order valence-corrected chi connectivity index (χ2v) is 5.30. The molecule has 4 heteroatoms. The van der Waals surface area contributed by atoms with Crippen molar-refractivity contribution in [2.45, 2.75) is 31.7 Å². The zero-order chi connectivity index (χ0) is 12.3. The Hall–Kier alpha value is -0.610. The fraction of sp³-hybridized carbons (Fsp3) is 0.538. The van der Waals surface area contributed by atoms with E-state index in [2.05, 4.69) is 21.2 Å². The maximum atomic E-state index is 13.7. The van der Waals surface area contributed by atoms with Crippen LogP contribution >= 0.6 is 15.9 Å². The first-order valence-corrected chi connectivity index (χ1v) is 6.75. The lowest BCUT2D eigenvalue weighted by molar-refractivity contribution is 0.380. The first-order chi connectivity index (χ1) is 8.20. The van der Waals surface area contributed by atoms with Gasteiger partial charge < -0.3 is 10.1 Å². The summed E-state index contributed by atoms with van der Waals surface area (Å²) in [6.45, 7) is 1.07. The van der Waals surface area contributed by atoms with Crippen molar-refractivity contribution in [2.24, 2.45) is 0 Å². The van der Waals surface area contributed by atoms with Crippen LogP contribution in [0.15, 0.2) is 16.6 Å². The molecule has 1 aromatic carbocycles. The Labute approximate surface area is 110 Å². The summed E-state index contributed by atoms with van der Waals surface area (Å²) in [5.74, 6) is -0.0157. The molecule has 2 rings (SSSR count). The number of piperidine rings is 1. The van der Waals surface area contributed by atoms with E-state index in [4.69, 9.17) is 4.74 Å². The molecule has 0 amide bonds. The molecule has 0 radical (unpaired) electrons. The molecule has 17 heavy (non-hydrogen) atoms. The quantitative estimate of drug-likeness (QED) is 0.925. The van der Waals surface area contributed by atoms with Gasteiger partial charge in [-0.1, -0.05) is 6.42 Å². The summed E-state index contributed by atoms with van der Waals surface area (Å²) < 4.78 is 19.4. The SMILES string of the molecule is COc1c(F)cc(CC2CCCCN2)cc1Br. The highest BCUT2D eigenvalue weighted by Gasteiger charge is 2.15.